The summed E-state index contributed by atoms with van der Waals surface area (Å²) in [6, 6.07) is 0. The highest BCUT2D eigenvalue weighted by molar-refractivity contribution is 5.82. The van der Waals surface area contributed by atoms with E-state index in [1.165, 1.54) is 6.08 Å². The fourth-order valence-corrected chi connectivity index (χ4v) is 0.912. The molecule has 15 heavy (non-hydrogen) atoms. The second-order valence-corrected chi connectivity index (χ2v) is 2.79. The number of hydrogen-bond acceptors (Lipinski definition) is 3. The molecule has 0 spiro atoms. The van der Waals surface area contributed by atoms with Gasteiger partial charge < -0.3 is 9.47 Å². The van der Waals surface area contributed by atoms with Crippen LogP contribution in [0.15, 0.2) is 37.1 Å². The Bertz CT molecular complexity index is 227. The lowest BCUT2D eigenvalue weighted by molar-refractivity contribution is -0.137. The summed E-state index contributed by atoms with van der Waals surface area (Å²) in [6.07, 6.45) is 6.19. The summed E-state index contributed by atoms with van der Waals surface area (Å²) in [6.45, 7) is 9.67. The Morgan fingerprint density at radius 1 is 1.27 bits per heavy atom. The maximum absolute atomic E-state index is 11.1. The van der Waals surface area contributed by atoms with Gasteiger partial charge in [-0.15, -0.1) is 6.58 Å². The van der Waals surface area contributed by atoms with Gasteiger partial charge in [0.05, 0.1) is 12.7 Å². The molecule has 0 aromatic heterocycles. The molecule has 0 rings (SSSR count). The average molecular weight is 210 g/mol. The lowest BCUT2D eigenvalue weighted by Crippen LogP contribution is -2.03. The summed E-state index contributed by atoms with van der Waals surface area (Å²) < 4.78 is 10.1. The van der Waals surface area contributed by atoms with E-state index in [0.717, 1.165) is 6.42 Å². The number of carbonyl (C=O) groups is 1. The average Bonchev–Trinajstić information content (AvgIpc) is 2.22. The highest BCUT2D eigenvalue weighted by Gasteiger charge is 2.02. The summed E-state index contributed by atoms with van der Waals surface area (Å²) >= 11 is 0. The molecule has 0 aromatic carbocycles. The fraction of sp³-hybridized carbons (Fsp3) is 0.417. The van der Waals surface area contributed by atoms with Crippen LogP contribution < -0.4 is 0 Å². The minimum atomic E-state index is -0.374. The van der Waals surface area contributed by atoms with E-state index in [0.29, 0.717) is 25.4 Å². The summed E-state index contributed by atoms with van der Waals surface area (Å²) in [5.41, 5.74) is 0. The van der Waals surface area contributed by atoms with Crippen molar-refractivity contribution in [3.8, 4) is 0 Å². The van der Waals surface area contributed by atoms with Gasteiger partial charge in [-0.05, 0) is 13.3 Å². The first-order chi connectivity index (χ1) is 7.24. The third-order valence-electron chi connectivity index (χ3n) is 1.55. The van der Waals surface area contributed by atoms with Crippen molar-refractivity contribution >= 4 is 5.97 Å². The van der Waals surface area contributed by atoms with Crippen LogP contribution in [0.1, 0.15) is 19.8 Å². The molecule has 0 aliphatic carbocycles. The van der Waals surface area contributed by atoms with Crippen LogP contribution in [0.4, 0.5) is 0 Å². The van der Waals surface area contributed by atoms with Crippen LogP contribution in [-0.2, 0) is 14.3 Å². The largest absolute Gasteiger partial charge is 0.494 e. The maximum Gasteiger partial charge on any atom is 0.334 e. The molecule has 0 aromatic rings. The molecule has 0 aliphatic rings. The quantitative estimate of drug-likeness (QED) is 0.267. The Morgan fingerprint density at radius 3 is 2.53 bits per heavy atom. The predicted octanol–water partition coefficient (Wildman–Crippen LogP) is 2.60. The predicted molar refractivity (Wildman–Crippen MR) is 60.3 cm³/mol. The van der Waals surface area contributed by atoms with Gasteiger partial charge in [-0.3, -0.25) is 0 Å². The molecular weight excluding hydrogens is 192 g/mol. The van der Waals surface area contributed by atoms with Gasteiger partial charge >= 0.3 is 5.97 Å². The fourth-order valence-electron chi connectivity index (χ4n) is 0.912. The second kappa shape index (κ2) is 9.06. The normalized spacial score (nSPS) is 10.6. The van der Waals surface area contributed by atoms with Gasteiger partial charge in [0.15, 0.2) is 0 Å². The van der Waals surface area contributed by atoms with Crippen molar-refractivity contribution in [1.82, 2.24) is 0 Å². The number of carbonyl (C=O) groups excluding carboxylic acids is 1. The maximum atomic E-state index is 11.1. The molecule has 0 bridgehead atoms. The van der Waals surface area contributed by atoms with Gasteiger partial charge in [-0.25, -0.2) is 4.79 Å². The molecule has 84 valence electrons. The monoisotopic (exact) mass is 210 g/mol. The summed E-state index contributed by atoms with van der Waals surface area (Å²) in [5.74, 6) is 0.230. The van der Waals surface area contributed by atoms with E-state index in [1.807, 2.05) is 0 Å². The van der Waals surface area contributed by atoms with Gasteiger partial charge in [-0.1, -0.05) is 18.7 Å². The molecule has 0 unspecified atom stereocenters. The number of ether oxygens (including phenoxy) is 2. The van der Waals surface area contributed by atoms with Crippen molar-refractivity contribution in [3.05, 3.63) is 37.1 Å². The lowest BCUT2D eigenvalue weighted by Gasteiger charge is -2.07. The SMILES string of the molecule is C=CCC/C(=C/C(=O)OCC)OCC=C. The molecule has 3 nitrogen and oxygen atoms in total. The van der Waals surface area contributed by atoms with Crippen LogP contribution in [-0.4, -0.2) is 19.2 Å². The molecule has 0 aliphatic heterocycles. The van der Waals surface area contributed by atoms with Crippen LogP contribution in [0.2, 0.25) is 0 Å². The summed E-state index contributed by atoms with van der Waals surface area (Å²) in [5, 5.41) is 0. The Morgan fingerprint density at radius 2 is 2.00 bits per heavy atom. The molecule has 0 N–H and O–H groups in total. The number of esters is 1. The third kappa shape index (κ3) is 7.55. The number of rotatable bonds is 8. The lowest BCUT2D eigenvalue weighted by atomic mass is 10.2. The standard InChI is InChI=1S/C12H18O3/c1-4-7-8-11(15-9-5-2)10-12(13)14-6-3/h4-5,10H,1-2,6-9H2,3H3/b11-10-. The van der Waals surface area contributed by atoms with E-state index < -0.39 is 0 Å². The zero-order valence-electron chi connectivity index (χ0n) is 9.20. The minimum Gasteiger partial charge on any atom is -0.494 e. The number of allylic oxidation sites excluding steroid dienone is 2. The van der Waals surface area contributed by atoms with Crippen molar-refractivity contribution < 1.29 is 14.3 Å². The van der Waals surface area contributed by atoms with E-state index in [2.05, 4.69) is 13.2 Å². The zero-order valence-corrected chi connectivity index (χ0v) is 9.20. The van der Waals surface area contributed by atoms with Crippen molar-refractivity contribution in [3.63, 3.8) is 0 Å². The van der Waals surface area contributed by atoms with Crippen molar-refractivity contribution in [2.75, 3.05) is 13.2 Å². The van der Waals surface area contributed by atoms with E-state index >= 15 is 0 Å². The first-order valence-electron chi connectivity index (χ1n) is 4.96. The smallest absolute Gasteiger partial charge is 0.334 e. The van der Waals surface area contributed by atoms with Crippen molar-refractivity contribution in [1.29, 1.82) is 0 Å². The Balaban J connectivity index is 4.23. The molecule has 0 saturated heterocycles. The van der Waals surface area contributed by atoms with Crippen LogP contribution in [0.25, 0.3) is 0 Å². The number of hydrogen-bond donors (Lipinski definition) is 0. The van der Waals surface area contributed by atoms with Gasteiger partial charge in [0.2, 0.25) is 0 Å². The third-order valence-corrected chi connectivity index (χ3v) is 1.55. The Labute approximate surface area is 91.1 Å². The van der Waals surface area contributed by atoms with Crippen LogP contribution >= 0.6 is 0 Å². The topological polar surface area (TPSA) is 35.5 Å². The molecule has 0 heterocycles. The highest BCUT2D eigenvalue weighted by Crippen LogP contribution is 2.07. The van der Waals surface area contributed by atoms with E-state index in [9.17, 15) is 4.79 Å². The van der Waals surface area contributed by atoms with Crippen LogP contribution in [0.3, 0.4) is 0 Å². The first kappa shape index (κ1) is 13.5. The van der Waals surface area contributed by atoms with E-state index in [1.54, 1.807) is 19.1 Å². The molecule has 0 amide bonds. The van der Waals surface area contributed by atoms with Gasteiger partial charge in [0.1, 0.15) is 12.4 Å². The molecule has 3 heteroatoms. The van der Waals surface area contributed by atoms with Crippen LogP contribution in [0.5, 0.6) is 0 Å². The van der Waals surface area contributed by atoms with Gasteiger partial charge in [-0.2, -0.15) is 0 Å². The Hall–Kier alpha value is -1.51. The summed E-state index contributed by atoms with van der Waals surface area (Å²) in [4.78, 5) is 11.1. The zero-order chi connectivity index (χ0) is 11.5. The summed E-state index contributed by atoms with van der Waals surface area (Å²) in [7, 11) is 0. The highest BCUT2D eigenvalue weighted by atomic mass is 16.5. The van der Waals surface area contributed by atoms with E-state index in [-0.39, 0.29) is 5.97 Å². The second-order valence-electron chi connectivity index (χ2n) is 2.79. The van der Waals surface area contributed by atoms with Gasteiger partial charge in [0, 0.05) is 6.42 Å². The van der Waals surface area contributed by atoms with Crippen molar-refractivity contribution in [2.24, 2.45) is 0 Å². The molecular formula is C12H18O3. The molecule has 0 fully saturated rings. The molecule has 0 saturated carbocycles. The Kier molecular flexibility index (Phi) is 8.15. The first-order valence-corrected chi connectivity index (χ1v) is 4.96. The minimum absolute atomic E-state index is 0.367. The molecule has 0 atom stereocenters. The van der Waals surface area contributed by atoms with Crippen molar-refractivity contribution in [2.45, 2.75) is 19.8 Å². The van der Waals surface area contributed by atoms with Gasteiger partial charge in [0.25, 0.3) is 0 Å². The van der Waals surface area contributed by atoms with E-state index in [4.69, 9.17) is 9.47 Å². The van der Waals surface area contributed by atoms with Crippen LogP contribution in [0, 0.1) is 0 Å². The molecule has 0 radical (unpaired) electrons.